The first-order valence-corrected chi connectivity index (χ1v) is 6.27. The van der Waals surface area contributed by atoms with Gasteiger partial charge >= 0.3 is 0 Å². The van der Waals surface area contributed by atoms with Crippen molar-refractivity contribution < 1.29 is 9.26 Å². The molecule has 0 amide bonds. The molecule has 1 aromatic heterocycles. The van der Waals surface area contributed by atoms with Crippen LogP contribution < -0.4 is 5.32 Å². The normalized spacial score (nSPS) is 17.5. The first-order valence-electron chi connectivity index (χ1n) is 6.27. The second-order valence-electron chi connectivity index (χ2n) is 4.43. The number of aryl methyl sites for hydroxylation is 1. The van der Waals surface area contributed by atoms with Crippen LogP contribution in [0.25, 0.3) is 0 Å². The Morgan fingerprint density at radius 1 is 1.47 bits per heavy atom. The third-order valence-corrected chi connectivity index (χ3v) is 2.90. The first-order chi connectivity index (χ1) is 8.34. The molecule has 0 bridgehead atoms. The standard InChI is InChI=1S/C12H21N3O2/c1-11-9-12(14-17-11)10-16-8-2-5-15-6-3-13-4-7-15/h9,13H,2-8,10H2,1H3. The second-order valence-corrected chi connectivity index (χ2v) is 4.43. The molecule has 0 aliphatic carbocycles. The molecule has 0 saturated carbocycles. The number of piperazine rings is 1. The van der Waals surface area contributed by atoms with Gasteiger partial charge in [0.15, 0.2) is 0 Å². The number of hydrogen-bond acceptors (Lipinski definition) is 5. The van der Waals surface area contributed by atoms with Crippen molar-refractivity contribution in [1.29, 1.82) is 0 Å². The summed E-state index contributed by atoms with van der Waals surface area (Å²) >= 11 is 0. The summed E-state index contributed by atoms with van der Waals surface area (Å²) in [6.07, 6.45) is 1.08. The van der Waals surface area contributed by atoms with Crippen molar-refractivity contribution in [3.63, 3.8) is 0 Å². The highest BCUT2D eigenvalue weighted by Gasteiger charge is 2.08. The molecule has 1 N–H and O–H groups in total. The van der Waals surface area contributed by atoms with Gasteiger partial charge in [0.2, 0.25) is 0 Å². The summed E-state index contributed by atoms with van der Waals surface area (Å²) in [6.45, 7) is 8.89. The van der Waals surface area contributed by atoms with Gasteiger partial charge in [0.05, 0.1) is 6.61 Å². The van der Waals surface area contributed by atoms with E-state index >= 15 is 0 Å². The third kappa shape index (κ3) is 4.46. The number of nitrogens with one attached hydrogen (secondary N) is 1. The van der Waals surface area contributed by atoms with Crippen molar-refractivity contribution in [1.82, 2.24) is 15.4 Å². The van der Waals surface area contributed by atoms with Crippen LogP contribution in [0.15, 0.2) is 10.6 Å². The average molecular weight is 239 g/mol. The number of rotatable bonds is 6. The van der Waals surface area contributed by atoms with Gasteiger partial charge in [-0.2, -0.15) is 0 Å². The zero-order valence-electron chi connectivity index (χ0n) is 10.4. The third-order valence-electron chi connectivity index (χ3n) is 2.90. The maximum atomic E-state index is 5.56. The molecule has 2 heterocycles. The van der Waals surface area contributed by atoms with Crippen molar-refractivity contribution in [3.8, 4) is 0 Å². The fourth-order valence-electron chi connectivity index (χ4n) is 1.99. The Morgan fingerprint density at radius 3 is 3.00 bits per heavy atom. The lowest BCUT2D eigenvalue weighted by Gasteiger charge is -2.26. The average Bonchev–Trinajstić information content (AvgIpc) is 2.76. The first kappa shape index (κ1) is 12.5. The summed E-state index contributed by atoms with van der Waals surface area (Å²) < 4.78 is 10.5. The Morgan fingerprint density at radius 2 is 2.29 bits per heavy atom. The van der Waals surface area contributed by atoms with Gasteiger partial charge in [-0.05, 0) is 13.3 Å². The van der Waals surface area contributed by atoms with E-state index in [-0.39, 0.29) is 0 Å². The lowest BCUT2D eigenvalue weighted by molar-refractivity contribution is 0.102. The molecule has 1 fully saturated rings. The van der Waals surface area contributed by atoms with Gasteiger partial charge in [0, 0.05) is 45.4 Å². The van der Waals surface area contributed by atoms with E-state index < -0.39 is 0 Å². The molecule has 5 heteroatoms. The summed E-state index contributed by atoms with van der Waals surface area (Å²) in [5.74, 6) is 0.837. The predicted octanol–water partition coefficient (Wildman–Crippen LogP) is 0.795. The molecule has 0 unspecified atom stereocenters. The van der Waals surface area contributed by atoms with Crippen molar-refractivity contribution in [2.45, 2.75) is 20.0 Å². The van der Waals surface area contributed by atoms with Crippen LogP contribution in [0.5, 0.6) is 0 Å². The van der Waals surface area contributed by atoms with Gasteiger partial charge in [-0.3, -0.25) is 0 Å². The van der Waals surface area contributed by atoms with E-state index in [2.05, 4.69) is 15.4 Å². The summed E-state index contributed by atoms with van der Waals surface area (Å²) in [4.78, 5) is 2.47. The molecule has 96 valence electrons. The summed E-state index contributed by atoms with van der Waals surface area (Å²) in [7, 11) is 0. The predicted molar refractivity (Wildman–Crippen MR) is 64.8 cm³/mol. The number of aromatic nitrogens is 1. The molecule has 0 aromatic carbocycles. The van der Waals surface area contributed by atoms with Crippen LogP contribution in [-0.4, -0.2) is 49.4 Å². The molecule has 17 heavy (non-hydrogen) atoms. The van der Waals surface area contributed by atoms with Crippen LogP contribution in [-0.2, 0) is 11.3 Å². The molecular weight excluding hydrogens is 218 g/mol. The Balaban J connectivity index is 1.51. The fourth-order valence-corrected chi connectivity index (χ4v) is 1.99. The second kappa shape index (κ2) is 6.74. The van der Waals surface area contributed by atoms with Crippen molar-refractivity contribution >= 4 is 0 Å². The van der Waals surface area contributed by atoms with Crippen LogP contribution in [0.4, 0.5) is 0 Å². The molecule has 2 rings (SSSR count). The van der Waals surface area contributed by atoms with E-state index in [1.165, 1.54) is 0 Å². The van der Waals surface area contributed by atoms with Gasteiger partial charge in [-0.1, -0.05) is 5.16 Å². The van der Waals surface area contributed by atoms with E-state index in [0.29, 0.717) is 6.61 Å². The summed E-state index contributed by atoms with van der Waals surface area (Å²) in [5.41, 5.74) is 0.879. The Hall–Kier alpha value is -0.910. The highest BCUT2D eigenvalue weighted by molar-refractivity contribution is 5.01. The van der Waals surface area contributed by atoms with Crippen LogP contribution in [0.2, 0.25) is 0 Å². The van der Waals surface area contributed by atoms with Crippen molar-refractivity contribution in [3.05, 3.63) is 17.5 Å². The van der Waals surface area contributed by atoms with Gasteiger partial charge in [0.25, 0.3) is 0 Å². The number of ether oxygens (including phenoxy) is 1. The van der Waals surface area contributed by atoms with Gasteiger partial charge in [0.1, 0.15) is 11.5 Å². The monoisotopic (exact) mass is 239 g/mol. The Bertz CT molecular complexity index is 321. The van der Waals surface area contributed by atoms with Crippen LogP contribution in [0.1, 0.15) is 17.9 Å². The molecule has 0 atom stereocenters. The molecule has 1 aliphatic heterocycles. The fraction of sp³-hybridized carbons (Fsp3) is 0.750. The van der Waals surface area contributed by atoms with Gasteiger partial charge < -0.3 is 19.5 Å². The molecule has 0 spiro atoms. The maximum absolute atomic E-state index is 5.56. The minimum atomic E-state index is 0.554. The molecule has 1 saturated heterocycles. The number of hydrogen-bond donors (Lipinski definition) is 1. The molecule has 1 aromatic rings. The molecule has 5 nitrogen and oxygen atoms in total. The van der Waals surface area contributed by atoms with Crippen molar-refractivity contribution in [2.75, 3.05) is 39.3 Å². The van der Waals surface area contributed by atoms with E-state index in [1.54, 1.807) is 0 Å². The SMILES string of the molecule is Cc1cc(COCCCN2CCNCC2)no1. The largest absolute Gasteiger partial charge is 0.375 e. The lowest BCUT2D eigenvalue weighted by Crippen LogP contribution is -2.43. The highest BCUT2D eigenvalue weighted by Crippen LogP contribution is 2.03. The molecule has 0 radical (unpaired) electrons. The Kier molecular flexibility index (Phi) is 4.97. The molecular formula is C12H21N3O2. The van der Waals surface area contributed by atoms with E-state index in [9.17, 15) is 0 Å². The quantitative estimate of drug-likeness (QED) is 0.744. The lowest BCUT2D eigenvalue weighted by atomic mass is 10.3. The Labute approximate surface area is 102 Å². The van der Waals surface area contributed by atoms with E-state index in [4.69, 9.17) is 9.26 Å². The minimum Gasteiger partial charge on any atom is -0.375 e. The highest BCUT2D eigenvalue weighted by atomic mass is 16.5. The molecule has 1 aliphatic rings. The summed E-state index contributed by atoms with van der Waals surface area (Å²) in [6, 6.07) is 1.91. The smallest absolute Gasteiger partial charge is 0.134 e. The van der Waals surface area contributed by atoms with Crippen LogP contribution in [0.3, 0.4) is 0 Å². The summed E-state index contributed by atoms with van der Waals surface area (Å²) in [5, 5.41) is 7.23. The zero-order valence-corrected chi connectivity index (χ0v) is 10.4. The topological polar surface area (TPSA) is 50.5 Å². The minimum absolute atomic E-state index is 0.554. The number of nitrogens with zero attached hydrogens (tertiary/aromatic N) is 2. The van der Waals surface area contributed by atoms with Crippen molar-refractivity contribution in [2.24, 2.45) is 0 Å². The van der Waals surface area contributed by atoms with Crippen LogP contribution >= 0.6 is 0 Å². The van der Waals surface area contributed by atoms with Gasteiger partial charge in [-0.15, -0.1) is 0 Å². The van der Waals surface area contributed by atoms with Crippen LogP contribution in [0, 0.1) is 6.92 Å². The zero-order chi connectivity index (χ0) is 11.9. The van der Waals surface area contributed by atoms with E-state index in [0.717, 1.165) is 57.2 Å². The van der Waals surface area contributed by atoms with E-state index in [1.807, 2.05) is 13.0 Å². The maximum Gasteiger partial charge on any atom is 0.134 e. The van der Waals surface area contributed by atoms with Gasteiger partial charge in [-0.25, -0.2) is 0 Å².